The number of fused-ring (bicyclic) bond motifs is 2. The van der Waals surface area contributed by atoms with E-state index >= 15 is 0 Å². The van der Waals surface area contributed by atoms with Gasteiger partial charge in [-0.05, 0) is 63.5 Å². The number of para-hydroxylation sites is 1. The standard InChI is InChI=1S/C22H26N2O3/c1-15-8-6-7-13-24(15)20(25)14-27-22(26)21-16-9-2-4-11-18(16)23-19-12-5-3-10-17(19)21/h2,4,9,11,15H,3,5-8,10,12-14H2,1H3/t15-/m0/s1. The van der Waals surface area contributed by atoms with Crippen LogP contribution in [0, 0.1) is 0 Å². The van der Waals surface area contributed by atoms with Crippen molar-refractivity contribution in [2.24, 2.45) is 0 Å². The Morgan fingerprint density at radius 1 is 1.15 bits per heavy atom. The fourth-order valence-corrected chi connectivity index (χ4v) is 4.36. The molecule has 1 aliphatic carbocycles. The van der Waals surface area contributed by atoms with E-state index in [1.54, 1.807) is 0 Å². The third-order valence-corrected chi connectivity index (χ3v) is 5.82. The molecule has 0 unspecified atom stereocenters. The topological polar surface area (TPSA) is 59.5 Å². The maximum absolute atomic E-state index is 13.0. The Hall–Kier alpha value is -2.43. The number of likely N-dealkylation sites (tertiary alicyclic amines) is 1. The van der Waals surface area contributed by atoms with Gasteiger partial charge in [0.1, 0.15) is 0 Å². The molecule has 2 aliphatic rings. The Morgan fingerprint density at radius 2 is 1.96 bits per heavy atom. The predicted octanol–water partition coefficient (Wildman–Crippen LogP) is 3.67. The first-order chi connectivity index (χ1) is 13.1. The predicted molar refractivity (Wildman–Crippen MR) is 104 cm³/mol. The first kappa shape index (κ1) is 18.0. The summed E-state index contributed by atoms with van der Waals surface area (Å²) in [6, 6.07) is 7.92. The summed E-state index contributed by atoms with van der Waals surface area (Å²) < 4.78 is 5.51. The van der Waals surface area contributed by atoms with Gasteiger partial charge in [-0.2, -0.15) is 0 Å². The van der Waals surface area contributed by atoms with E-state index in [1.165, 1.54) is 0 Å². The molecule has 2 aromatic rings. The minimum Gasteiger partial charge on any atom is -0.452 e. The molecule has 5 heteroatoms. The molecule has 1 aliphatic heterocycles. The lowest BCUT2D eigenvalue weighted by atomic mass is 9.90. The molecule has 27 heavy (non-hydrogen) atoms. The smallest absolute Gasteiger partial charge is 0.339 e. The van der Waals surface area contributed by atoms with Crippen LogP contribution in [0.15, 0.2) is 24.3 Å². The minimum absolute atomic E-state index is 0.0946. The van der Waals surface area contributed by atoms with Gasteiger partial charge < -0.3 is 9.64 Å². The number of carbonyl (C=O) groups excluding carboxylic acids is 2. The van der Waals surface area contributed by atoms with Crippen LogP contribution in [0.1, 0.15) is 60.6 Å². The van der Waals surface area contributed by atoms with Crippen molar-refractivity contribution in [1.29, 1.82) is 0 Å². The number of ether oxygens (including phenoxy) is 1. The SMILES string of the molecule is C[C@H]1CCCCN1C(=O)COC(=O)c1c2c(nc3ccccc13)CCCC2. The van der Waals surface area contributed by atoms with Crippen molar-refractivity contribution in [3.05, 3.63) is 41.1 Å². The zero-order chi connectivity index (χ0) is 18.8. The number of piperidine rings is 1. The van der Waals surface area contributed by atoms with Crippen molar-refractivity contribution in [3.8, 4) is 0 Å². The average molecular weight is 366 g/mol. The largest absolute Gasteiger partial charge is 0.452 e. The summed E-state index contributed by atoms with van der Waals surface area (Å²) in [6.45, 7) is 2.63. The van der Waals surface area contributed by atoms with Crippen LogP contribution in [-0.2, 0) is 22.4 Å². The van der Waals surface area contributed by atoms with Gasteiger partial charge in [0, 0.05) is 23.7 Å². The quantitative estimate of drug-likeness (QED) is 0.778. The third kappa shape index (κ3) is 3.55. The summed E-state index contributed by atoms with van der Waals surface area (Å²) in [5.74, 6) is -0.493. The lowest BCUT2D eigenvalue weighted by Gasteiger charge is -2.33. The van der Waals surface area contributed by atoms with Crippen molar-refractivity contribution >= 4 is 22.8 Å². The molecule has 1 aromatic heterocycles. The fourth-order valence-electron chi connectivity index (χ4n) is 4.36. The average Bonchev–Trinajstić information content (AvgIpc) is 2.70. The Balaban J connectivity index is 1.58. The number of esters is 1. The summed E-state index contributed by atoms with van der Waals surface area (Å²) in [7, 11) is 0. The fraction of sp³-hybridized carbons (Fsp3) is 0.500. The van der Waals surface area contributed by atoms with Gasteiger partial charge in [-0.25, -0.2) is 4.79 Å². The van der Waals surface area contributed by atoms with E-state index in [1.807, 2.05) is 29.2 Å². The van der Waals surface area contributed by atoms with Gasteiger partial charge in [0.15, 0.2) is 6.61 Å². The van der Waals surface area contributed by atoms with Crippen molar-refractivity contribution in [2.75, 3.05) is 13.2 Å². The molecular weight excluding hydrogens is 340 g/mol. The van der Waals surface area contributed by atoms with E-state index in [0.29, 0.717) is 5.56 Å². The Morgan fingerprint density at radius 3 is 2.81 bits per heavy atom. The number of aromatic nitrogens is 1. The Kier molecular flexibility index (Phi) is 5.10. The van der Waals surface area contributed by atoms with Crippen LogP contribution in [0.2, 0.25) is 0 Å². The first-order valence-corrected chi connectivity index (χ1v) is 10.0. The number of aryl methyl sites for hydroxylation is 1. The Labute approximate surface area is 159 Å². The molecule has 4 rings (SSSR count). The monoisotopic (exact) mass is 366 g/mol. The Bertz CT molecular complexity index is 877. The third-order valence-electron chi connectivity index (χ3n) is 5.82. The van der Waals surface area contributed by atoms with Crippen molar-refractivity contribution in [3.63, 3.8) is 0 Å². The molecule has 2 heterocycles. The summed E-state index contributed by atoms with van der Waals surface area (Å²) in [5, 5.41) is 0.821. The van der Waals surface area contributed by atoms with E-state index in [4.69, 9.17) is 9.72 Å². The molecule has 0 radical (unpaired) electrons. The van der Waals surface area contributed by atoms with Crippen LogP contribution in [-0.4, -0.2) is 41.0 Å². The second-order valence-electron chi connectivity index (χ2n) is 7.64. The lowest BCUT2D eigenvalue weighted by molar-refractivity contribution is -0.137. The molecule has 0 bridgehead atoms. The summed E-state index contributed by atoms with van der Waals surface area (Å²) in [5.41, 5.74) is 3.43. The van der Waals surface area contributed by atoms with E-state index in [-0.39, 0.29) is 18.6 Å². The van der Waals surface area contributed by atoms with Crippen molar-refractivity contribution < 1.29 is 14.3 Å². The number of pyridine rings is 1. The van der Waals surface area contributed by atoms with E-state index in [2.05, 4.69) is 6.92 Å². The number of hydrogen-bond donors (Lipinski definition) is 0. The van der Waals surface area contributed by atoms with E-state index in [9.17, 15) is 9.59 Å². The zero-order valence-electron chi connectivity index (χ0n) is 15.9. The number of benzene rings is 1. The molecule has 142 valence electrons. The maximum atomic E-state index is 13.0. The molecule has 0 saturated carbocycles. The van der Waals surface area contributed by atoms with Gasteiger partial charge in [-0.15, -0.1) is 0 Å². The molecule has 1 fully saturated rings. The highest BCUT2D eigenvalue weighted by molar-refractivity contribution is 6.05. The first-order valence-electron chi connectivity index (χ1n) is 10.0. The maximum Gasteiger partial charge on any atom is 0.339 e. The van der Waals surface area contributed by atoms with Gasteiger partial charge in [0.2, 0.25) is 0 Å². The number of rotatable bonds is 3. The molecule has 1 aromatic carbocycles. The van der Waals surface area contributed by atoms with Gasteiger partial charge >= 0.3 is 5.97 Å². The summed E-state index contributed by atoms with van der Waals surface area (Å²) in [6.07, 6.45) is 7.07. The van der Waals surface area contributed by atoms with Crippen LogP contribution in [0.25, 0.3) is 10.9 Å². The van der Waals surface area contributed by atoms with E-state index < -0.39 is 5.97 Å². The minimum atomic E-state index is -0.398. The van der Waals surface area contributed by atoms with Gasteiger partial charge in [0.05, 0.1) is 11.1 Å². The molecule has 1 atom stereocenters. The van der Waals surface area contributed by atoms with Crippen molar-refractivity contribution in [2.45, 2.75) is 57.9 Å². The molecular formula is C22H26N2O3. The molecule has 1 amide bonds. The van der Waals surface area contributed by atoms with Crippen LogP contribution in [0.4, 0.5) is 0 Å². The molecule has 0 spiro atoms. The van der Waals surface area contributed by atoms with Gasteiger partial charge in [-0.3, -0.25) is 9.78 Å². The molecule has 1 saturated heterocycles. The van der Waals surface area contributed by atoms with Gasteiger partial charge in [0.25, 0.3) is 5.91 Å². The highest BCUT2D eigenvalue weighted by Crippen LogP contribution is 2.29. The van der Waals surface area contributed by atoms with Crippen LogP contribution in [0.3, 0.4) is 0 Å². The van der Waals surface area contributed by atoms with Crippen LogP contribution < -0.4 is 0 Å². The molecule has 5 nitrogen and oxygen atoms in total. The van der Waals surface area contributed by atoms with Gasteiger partial charge in [-0.1, -0.05) is 18.2 Å². The number of hydrogen-bond acceptors (Lipinski definition) is 4. The summed E-state index contributed by atoms with van der Waals surface area (Å²) in [4.78, 5) is 32.1. The van der Waals surface area contributed by atoms with Crippen LogP contribution >= 0.6 is 0 Å². The normalized spacial score (nSPS) is 19.6. The number of amides is 1. The van der Waals surface area contributed by atoms with Crippen LogP contribution in [0.5, 0.6) is 0 Å². The lowest BCUT2D eigenvalue weighted by Crippen LogP contribution is -2.44. The molecule has 0 N–H and O–H groups in total. The number of carbonyl (C=O) groups is 2. The highest BCUT2D eigenvalue weighted by atomic mass is 16.5. The van der Waals surface area contributed by atoms with Crippen molar-refractivity contribution in [1.82, 2.24) is 9.88 Å². The second-order valence-corrected chi connectivity index (χ2v) is 7.64. The second kappa shape index (κ2) is 7.67. The zero-order valence-corrected chi connectivity index (χ0v) is 15.9. The highest BCUT2D eigenvalue weighted by Gasteiger charge is 2.27. The number of nitrogens with zero attached hydrogens (tertiary/aromatic N) is 2. The van der Waals surface area contributed by atoms with E-state index in [0.717, 1.165) is 73.7 Å². The summed E-state index contributed by atoms with van der Waals surface area (Å²) >= 11 is 0.